The molecule has 0 aliphatic heterocycles. The van der Waals surface area contributed by atoms with Crippen LogP contribution in [0.15, 0.2) is 39.8 Å². The number of carbonyl (C=O) groups excluding carboxylic acids is 1. The molecule has 5 heteroatoms. The minimum atomic E-state index is -0.314. The first kappa shape index (κ1) is 9.67. The SMILES string of the molecule is O=C(Nc1ccsc1)c1cccc(=O)[nH]1. The van der Waals surface area contributed by atoms with E-state index < -0.39 is 0 Å². The van der Waals surface area contributed by atoms with Crippen molar-refractivity contribution >= 4 is 22.9 Å². The summed E-state index contributed by atoms with van der Waals surface area (Å²) >= 11 is 1.49. The van der Waals surface area contributed by atoms with E-state index in [4.69, 9.17) is 0 Å². The van der Waals surface area contributed by atoms with Crippen LogP contribution in [-0.2, 0) is 0 Å². The summed E-state index contributed by atoms with van der Waals surface area (Å²) in [6, 6.07) is 6.26. The molecule has 15 heavy (non-hydrogen) atoms. The molecule has 2 aromatic heterocycles. The van der Waals surface area contributed by atoms with Gasteiger partial charge in [0, 0.05) is 11.4 Å². The maximum absolute atomic E-state index is 11.6. The average molecular weight is 220 g/mol. The van der Waals surface area contributed by atoms with Crippen molar-refractivity contribution in [3.05, 3.63) is 51.1 Å². The molecule has 0 spiro atoms. The predicted molar refractivity (Wildman–Crippen MR) is 59.3 cm³/mol. The molecule has 2 heterocycles. The Morgan fingerprint density at radius 2 is 2.20 bits per heavy atom. The summed E-state index contributed by atoms with van der Waals surface area (Å²) in [5.41, 5.74) is 0.705. The Bertz CT molecular complexity index is 516. The summed E-state index contributed by atoms with van der Waals surface area (Å²) in [5.74, 6) is -0.314. The minimum Gasteiger partial charge on any atom is -0.320 e. The van der Waals surface area contributed by atoms with Crippen molar-refractivity contribution in [1.29, 1.82) is 0 Å². The van der Waals surface area contributed by atoms with E-state index in [-0.39, 0.29) is 17.2 Å². The van der Waals surface area contributed by atoms with Gasteiger partial charge in [0.15, 0.2) is 0 Å². The van der Waals surface area contributed by atoms with Crippen LogP contribution in [0.1, 0.15) is 10.5 Å². The summed E-state index contributed by atoms with van der Waals surface area (Å²) in [6.45, 7) is 0. The average Bonchev–Trinajstić information content (AvgIpc) is 2.70. The van der Waals surface area contributed by atoms with Crippen molar-refractivity contribution in [2.45, 2.75) is 0 Å². The van der Waals surface area contributed by atoms with Gasteiger partial charge in [0.05, 0.1) is 5.69 Å². The molecule has 0 aromatic carbocycles. The van der Waals surface area contributed by atoms with Crippen molar-refractivity contribution in [3.8, 4) is 0 Å². The zero-order chi connectivity index (χ0) is 10.7. The van der Waals surface area contributed by atoms with Gasteiger partial charge in [-0.2, -0.15) is 11.3 Å². The number of nitrogens with one attached hydrogen (secondary N) is 2. The highest BCUT2D eigenvalue weighted by Crippen LogP contribution is 2.12. The van der Waals surface area contributed by atoms with E-state index in [9.17, 15) is 9.59 Å². The van der Waals surface area contributed by atoms with Gasteiger partial charge < -0.3 is 10.3 Å². The molecular formula is C10H8N2O2S. The van der Waals surface area contributed by atoms with E-state index in [0.29, 0.717) is 0 Å². The molecule has 2 N–H and O–H groups in total. The summed E-state index contributed by atoms with van der Waals surface area (Å²) in [7, 11) is 0. The Labute approximate surface area is 89.6 Å². The molecule has 1 amide bonds. The number of amides is 1. The molecule has 76 valence electrons. The number of H-pyrrole nitrogens is 1. The minimum absolute atomic E-state index is 0.258. The largest absolute Gasteiger partial charge is 0.320 e. The van der Waals surface area contributed by atoms with Gasteiger partial charge in [0.2, 0.25) is 5.56 Å². The molecule has 0 radical (unpaired) electrons. The Morgan fingerprint density at radius 1 is 1.33 bits per heavy atom. The third-order valence-corrected chi connectivity index (χ3v) is 2.48. The first-order chi connectivity index (χ1) is 7.25. The molecule has 0 saturated heterocycles. The lowest BCUT2D eigenvalue weighted by molar-refractivity contribution is 0.102. The fourth-order valence-corrected chi connectivity index (χ4v) is 1.70. The van der Waals surface area contributed by atoms with Gasteiger partial charge in [0.1, 0.15) is 5.69 Å². The van der Waals surface area contributed by atoms with Crippen LogP contribution in [0.4, 0.5) is 5.69 Å². The Hall–Kier alpha value is -1.88. The normalized spacial score (nSPS) is 9.87. The number of hydrogen-bond donors (Lipinski definition) is 2. The Kier molecular flexibility index (Phi) is 2.64. The van der Waals surface area contributed by atoms with E-state index in [0.717, 1.165) is 5.69 Å². The van der Waals surface area contributed by atoms with Crippen LogP contribution in [0.5, 0.6) is 0 Å². The van der Waals surface area contributed by atoms with Crippen molar-refractivity contribution in [2.75, 3.05) is 5.32 Å². The lowest BCUT2D eigenvalue weighted by Gasteiger charge is -2.01. The highest BCUT2D eigenvalue weighted by Gasteiger charge is 2.06. The first-order valence-electron chi connectivity index (χ1n) is 4.28. The maximum Gasteiger partial charge on any atom is 0.272 e. The number of pyridine rings is 1. The molecule has 0 saturated carbocycles. The number of anilines is 1. The molecule has 4 nitrogen and oxygen atoms in total. The highest BCUT2D eigenvalue weighted by atomic mass is 32.1. The van der Waals surface area contributed by atoms with E-state index in [1.54, 1.807) is 18.2 Å². The van der Waals surface area contributed by atoms with Crippen LogP contribution < -0.4 is 10.9 Å². The lowest BCUT2D eigenvalue weighted by Crippen LogP contribution is -2.17. The molecular weight excluding hydrogens is 212 g/mol. The Balaban J connectivity index is 2.18. The zero-order valence-electron chi connectivity index (χ0n) is 7.69. The van der Waals surface area contributed by atoms with Crippen LogP contribution in [0.25, 0.3) is 0 Å². The van der Waals surface area contributed by atoms with Gasteiger partial charge in [-0.25, -0.2) is 0 Å². The zero-order valence-corrected chi connectivity index (χ0v) is 8.51. The second-order valence-electron chi connectivity index (χ2n) is 2.89. The number of aromatic amines is 1. The topological polar surface area (TPSA) is 62.0 Å². The van der Waals surface area contributed by atoms with Crippen LogP contribution in [0.2, 0.25) is 0 Å². The standard InChI is InChI=1S/C10H8N2O2S/c13-9-3-1-2-8(12-9)10(14)11-7-4-5-15-6-7/h1-6H,(H,11,14)(H,12,13). The third kappa shape index (κ3) is 2.32. The predicted octanol–water partition coefficient (Wildman–Crippen LogP) is 1.69. The highest BCUT2D eigenvalue weighted by molar-refractivity contribution is 7.08. The fraction of sp³-hybridized carbons (Fsp3) is 0. The smallest absolute Gasteiger partial charge is 0.272 e. The Morgan fingerprint density at radius 3 is 2.87 bits per heavy atom. The van der Waals surface area contributed by atoms with Gasteiger partial charge in [-0.15, -0.1) is 0 Å². The molecule has 0 unspecified atom stereocenters. The molecule has 2 aromatic rings. The van der Waals surface area contributed by atoms with Crippen molar-refractivity contribution in [3.63, 3.8) is 0 Å². The monoisotopic (exact) mass is 220 g/mol. The fourth-order valence-electron chi connectivity index (χ4n) is 1.11. The molecule has 0 atom stereocenters. The number of carbonyl (C=O) groups is 1. The number of thiophene rings is 1. The third-order valence-electron chi connectivity index (χ3n) is 1.79. The number of rotatable bonds is 2. The lowest BCUT2D eigenvalue weighted by atomic mass is 10.3. The molecule has 2 rings (SSSR count). The van der Waals surface area contributed by atoms with Gasteiger partial charge in [-0.1, -0.05) is 6.07 Å². The summed E-state index contributed by atoms with van der Waals surface area (Å²) in [5, 5.41) is 6.35. The van der Waals surface area contributed by atoms with Gasteiger partial charge >= 0.3 is 0 Å². The van der Waals surface area contributed by atoms with Crippen molar-refractivity contribution in [2.24, 2.45) is 0 Å². The molecule has 0 bridgehead atoms. The van der Waals surface area contributed by atoms with E-state index in [1.165, 1.54) is 17.4 Å². The second-order valence-corrected chi connectivity index (χ2v) is 3.67. The van der Waals surface area contributed by atoms with Gasteiger partial charge in [-0.3, -0.25) is 9.59 Å². The summed E-state index contributed by atoms with van der Waals surface area (Å²) in [4.78, 5) is 25.0. The van der Waals surface area contributed by atoms with Crippen LogP contribution in [-0.4, -0.2) is 10.9 Å². The number of hydrogen-bond acceptors (Lipinski definition) is 3. The molecule has 0 fully saturated rings. The molecule has 0 aliphatic rings. The van der Waals surface area contributed by atoms with Crippen LogP contribution >= 0.6 is 11.3 Å². The maximum atomic E-state index is 11.6. The van der Waals surface area contributed by atoms with Gasteiger partial charge in [-0.05, 0) is 17.5 Å². The van der Waals surface area contributed by atoms with Crippen molar-refractivity contribution in [1.82, 2.24) is 4.98 Å². The van der Waals surface area contributed by atoms with E-state index in [1.807, 2.05) is 10.8 Å². The van der Waals surface area contributed by atoms with E-state index >= 15 is 0 Å². The quantitative estimate of drug-likeness (QED) is 0.809. The van der Waals surface area contributed by atoms with Crippen LogP contribution in [0.3, 0.4) is 0 Å². The summed E-state index contributed by atoms with van der Waals surface area (Å²) in [6.07, 6.45) is 0. The van der Waals surface area contributed by atoms with Crippen LogP contribution in [0, 0.1) is 0 Å². The van der Waals surface area contributed by atoms with Crippen molar-refractivity contribution < 1.29 is 4.79 Å². The number of aromatic nitrogens is 1. The summed E-state index contributed by atoms with van der Waals surface area (Å²) < 4.78 is 0. The van der Waals surface area contributed by atoms with Gasteiger partial charge in [0.25, 0.3) is 5.91 Å². The second kappa shape index (κ2) is 4.10. The first-order valence-corrected chi connectivity index (χ1v) is 5.23. The molecule has 0 aliphatic carbocycles. The van der Waals surface area contributed by atoms with E-state index in [2.05, 4.69) is 10.3 Å².